The molecule has 1 N–H and O–H groups in total. The summed E-state index contributed by atoms with van der Waals surface area (Å²) in [5, 5.41) is 3.42. The summed E-state index contributed by atoms with van der Waals surface area (Å²) in [5.74, 6) is 1.73. The van der Waals surface area contributed by atoms with Crippen LogP contribution < -0.4 is 15.0 Å². The number of benzene rings is 1. The van der Waals surface area contributed by atoms with Crippen molar-refractivity contribution >= 4 is 41.5 Å². The number of guanidine groups is 1. The molecule has 1 unspecified atom stereocenters. The van der Waals surface area contributed by atoms with E-state index in [-0.39, 0.29) is 42.6 Å². The molecule has 0 spiro atoms. The third-order valence-electron chi connectivity index (χ3n) is 6.23. The van der Waals surface area contributed by atoms with Crippen LogP contribution in [0.3, 0.4) is 0 Å². The number of anilines is 1. The fourth-order valence-electron chi connectivity index (χ4n) is 4.49. The molecule has 0 saturated carbocycles. The third kappa shape index (κ3) is 7.19. The maximum atomic E-state index is 12.3. The van der Waals surface area contributed by atoms with E-state index in [1.165, 1.54) is 0 Å². The van der Waals surface area contributed by atoms with Gasteiger partial charge in [0.25, 0.3) is 5.91 Å². The Hall–Kier alpha value is -1.59. The van der Waals surface area contributed by atoms with Crippen LogP contribution in [-0.4, -0.2) is 81.5 Å². The van der Waals surface area contributed by atoms with Crippen LogP contribution in [0.1, 0.15) is 39.0 Å². The smallest absolute Gasteiger partial charge is 0.265 e. The van der Waals surface area contributed by atoms with Crippen molar-refractivity contribution in [3.8, 4) is 5.75 Å². The van der Waals surface area contributed by atoms with Crippen LogP contribution in [0.25, 0.3) is 0 Å². The van der Waals surface area contributed by atoms with Gasteiger partial charge in [0.15, 0.2) is 12.6 Å². The number of hydrogen-bond acceptors (Lipinski definition) is 5. The maximum Gasteiger partial charge on any atom is 0.265 e. The van der Waals surface area contributed by atoms with Gasteiger partial charge >= 0.3 is 0 Å². The second kappa shape index (κ2) is 13.3. The molecule has 1 amide bonds. The Bertz CT molecular complexity index is 779. The number of para-hydroxylation sites is 2. The molecule has 2 fully saturated rings. The summed E-state index contributed by atoms with van der Waals surface area (Å²) in [6.07, 6.45) is 5.70. The quantitative estimate of drug-likeness (QED) is 0.224. The van der Waals surface area contributed by atoms with Gasteiger partial charge in [0, 0.05) is 39.3 Å². The van der Waals surface area contributed by atoms with Crippen molar-refractivity contribution in [3.63, 3.8) is 0 Å². The van der Waals surface area contributed by atoms with Crippen LogP contribution in [0.4, 0.5) is 5.69 Å². The van der Waals surface area contributed by atoms with Crippen molar-refractivity contribution in [2.24, 2.45) is 4.99 Å². The highest BCUT2D eigenvalue weighted by Gasteiger charge is 2.26. The zero-order valence-electron chi connectivity index (χ0n) is 19.5. The van der Waals surface area contributed by atoms with Gasteiger partial charge in [0.05, 0.1) is 24.5 Å². The molecule has 1 atom stereocenters. The number of rotatable bonds is 8. The van der Waals surface area contributed by atoms with Gasteiger partial charge in [0.1, 0.15) is 5.75 Å². The lowest BCUT2D eigenvalue weighted by Gasteiger charge is -2.34. The monoisotopic (exact) mass is 572 g/mol. The first-order valence-electron chi connectivity index (χ1n) is 12.0. The normalized spacial score (nSPS) is 21.4. The Morgan fingerprint density at radius 2 is 2.06 bits per heavy atom. The topological polar surface area (TPSA) is 75.6 Å². The number of aliphatic imine (C=N–C) groups is 1. The highest BCUT2D eigenvalue weighted by atomic mass is 127. The lowest BCUT2D eigenvalue weighted by molar-refractivity contribution is -0.121. The number of piperidine rings is 1. The Morgan fingerprint density at radius 3 is 2.82 bits per heavy atom. The van der Waals surface area contributed by atoms with E-state index in [1.54, 1.807) is 0 Å². The molecule has 3 heterocycles. The minimum Gasteiger partial charge on any atom is -0.482 e. The Morgan fingerprint density at radius 1 is 1.24 bits per heavy atom. The van der Waals surface area contributed by atoms with Crippen molar-refractivity contribution in [2.75, 3.05) is 57.4 Å². The standard InChI is InChI=1S/C24H36N4O4.HI/c1-2-25-24(27-14-10-19(11-15-27)31-17-20-7-5-16-30-20)26-12-6-13-28-21-8-3-4-9-22(21)32-18-23(28)29;/h3-4,8-9,19-20H,2,5-7,10-18H2,1H3,(H,25,26);1H. The van der Waals surface area contributed by atoms with Crippen LogP contribution in [-0.2, 0) is 14.3 Å². The number of nitrogens with one attached hydrogen (secondary N) is 1. The van der Waals surface area contributed by atoms with Crippen molar-refractivity contribution in [1.82, 2.24) is 10.2 Å². The van der Waals surface area contributed by atoms with Gasteiger partial charge in [-0.15, -0.1) is 24.0 Å². The summed E-state index contributed by atoms with van der Waals surface area (Å²) >= 11 is 0. The molecule has 3 aliphatic heterocycles. The summed E-state index contributed by atoms with van der Waals surface area (Å²) < 4.78 is 17.3. The minimum atomic E-state index is 0. The average molecular weight is 572 g/mol. The van der Waals surface area contributed by atoms with Crippen molar-refractivity contribution in [3.05, 3.63) is 24.3 Å². The fraction of sp³-hybridized carbons (Fsp3) is 0.667. The van der Waals surface area contributed by atoms with Gasteiger partial charge < -0.3 is 29.3 Å². The molecule has 0 aromatic heterocycles. The van der Waals surface area contributed by atoms with Gasteiger partial charge in [-0.1, -0.05) is 12.1 Å². The number of carbonyl (C=O) groups is 1. The summed E-state index contributed by atoms with van der Waals surface area (Å²) in [6, 6.07) is 7.70. The second-order valence-electron chi connectivity index (χ2n) is 8.55. The molecule has 0 bridgehead atoms. The lowest BCUT2D eigenvalue weighted by Crippen LogP contribution is -2.47. The van der Waals surface area contributed by atoms with Crippen molar-refractivity contribution < 1.29 is 19.0 Å². The molecule has 8 nitrogen and oxygen atoms in total. The minimum absolute atomic E-state index is 0. The number of halogens is 1. The zero-order valence-corrected chi connectivity index (χ0v) is 21.9. The molecule has 1 aromatic rings. The molecular formula is C24H37IN4O4. The molecule has 4 rings (SSSR count). The van der Waals surface area contributed by atoms with E-state index in [4.69, 9.17) is 19.2 Å². The van der Waals surface area contributed by atoms with Gasteiger partial charge in [0.2, 0.25) is 0 Å². The van der Waals surface area contributed by atoms with E-state index >= 15 is 0 Å². The van der Waals surface area contributed by atoms with E-state index in [2.05, 4.69) is 17.1 Å². The van der Waals surface area contributed by atoms with Crippen LogP contribution in [0.5, 0.6) is 5.75 Å². The van der Waals surface area contributed by atoms with Gasteiger partial charge in [-0.3, -0.25) is 9.79 Å². The van der Waals surface area contributed by atoms with E-state index in [0.717, 1.165) is 82.3 Å². The lowest BCUT2D eigenvalue weighted by atomic mass is 10.1. The first kappa shape index (κ1) is 26.0. The SMILES string of the molecule is CCNC(=NCCCN1C(=O)COc2ccccc21)N1CCC(OCC2CCCO2)CC1.I. The number of hydrogen-bond donors (Lipinski definition) is 1. The van der Waals surface area contributed by atoms with Crippen LogP contribution in [0, 0.1) is 0 Å². The maximum absolute atomic E-state index is 12.3. The number of likely N-dealkylation sites (tertiary alicyclic amines) is 1. The predicted molar refractivity (Wildman–Crippen MR) is 140 cm³/mol. The number of carbonyl (C=O) groups excluding carboxylic acids is 1. The van der Waals surface area contributed by atoms with Gasteiger partial charge in [-0.25, -0.2) is 0 Å². The van der Waals surface area contributed by atoms with Crippen LogP contribution in [0.15, 0.2) is 29.3 Å². The van der Waals surface area contributed by atoms with Gasteiger partial charge in [-0.2, -0.15) is 0 Å². The number of fused-ring (bicyclic) bond motifs is 1. The molecule has 184 valence electrons. The third-order valence-corrected chi connectivity index (χ3v) is 6.23. The van der Waals surface area contributed by atoms with Crippen molar-refractivity contribution in [2.45, 2.75) is 51.2 Å². The summed E-state index contributed by atoms with van der Waals surface area (Å²) in [6.45, 7) is 7.83. The molecule has 2 saturated heterocycles. The molecule has 0 aliphatic carbocycles. The van der Waals surface area contributed by atoms with Crippen LogP contribution >= 0.6 is 24.0 Å². The Labute approximate surface area is 214 Å². The first-order chi connectivity index (χ1) is 15.7. The Balaban J connectivity index is 0.00000306. The van der Waals surface area contributed by atoms with Gasteiger partial charge in [-0.05, 0) is 51.2 Å². The fourth-order valence-corrected chi connectivity index (χ4v) is 4.49. The average Bonchev–Trinajstić information content (AvgIpc) is 3.35. The van der Waals surface area contributed by atoms with E-state index in [9.17, 15) is 4.79 Å². The first-order valence-corrected chi connectivity index (χ1v) is 12.0. The van der Waals surface area contributed by atoms with E-state index in [0.29, 0.717) is 19.2 Å². The van der Waals surface area contributed by atoms with E-state index < -0.39 is 0 Å². The van der Waals surface area contributed by atoms with Crippen LogP contribution in [0.2, 0.25) is 0 Å². The molecule has 33 heavy (non-hydrogen) atoms. The number of amides is 1. The summed E-state index contributed by atoms with van der Waals surface area (Å²) in [5.41, 5.74) is 0.852. The predicted octanol–water partition coefficient (Wildman–Crippen LogP) is 3.05. The number of nitrogens with zero attached hydrogens (tertiary/aromatic N) is 3. The summed E-state index contributed by atoms with van der Waals surface area (Å²) in [4.78, 5) is 21.3. The zero-order chi connectivity index (χ0) is 22.2. The second-order valence-corrected chi connectivity index (χ2v) is 8.55. The van der Waals surface area contributed by atoms with E-state index in [1.807, 2.05) is 29.2 Å². The highest BCUT2D eigenvalue weighted by Crippen LogP contribution is 2.31. The summed E-state index contributed by atoms with van der Waals surface area (Å²) in [7, 11) is 0. The highest BCUT2D eigenvalue weighted by molar-refractivity contribution is 14.0. The molecule has 3 aliphatic rings. The Kier molecular flexibility index (Phi) is 10.5. The molecule has 9 heteroatoms. The van der Waals surface area contributed by atoms with Crippen molar-refractivity contribution in [1.29, 1.82) is 0 Å². The molecular weight excluding hydrogens is 535 g/mol. The largest absolute Gasteiger partial charge is 0.482 e. The number of ether oxygens (including phenoxy) is 3. The molecule has 1 aromatic carbocycles. The molecule has 0 radical (unpaired) electrons.